The molecule has 0 saturated carbocycles. The van der Waals surface area contributed by atoms with Crippen LogP contribution < -0.4 is 4.74 Å². The van der Waals surface area contributed by atoms with Gasteiger partial charge in [-0.1, -0.05) is 6.92 Å². The van der Waals surface area contributed by atoms with Crippen molar-refractivity contribution in [2.75, 3.05) is 19.8 Å². The summed E-state index contributed by atoms with van der Waals surface area (Å²) in [6, 6.07) is 3.90. The third kappa shape index (κ3) is 4.53. The minimum absolute atomic E-state index is 0.144. The van der Waals surface area contributed by atoms with Crippen molar-refractivity contribution in [1.29, 1.82) is 0 Å². The fraction of sp³-hybridized carbons (Fsp3) is 0.462. The second-order valence-corrected chi connectivity index (χ2v) is 3.66. The Bertz CT molecular complexity index is 377. The van der Waals surface area contributed by atoms with Gasteiger partial charge in [-0.25, -0.2) is 4.39 Å². The normalized spacial score (nSPS) is 10.3. The number of carbonyl (C=O) groups is 1. The molecular formula is C13H17FO3. The van der Waals surface area contributed by atoms with Crippen molar-refractivity contribution < 1.29 is 18.7 Å². The number of rotatable bonds is 7. The number of benzene rings is 1. The zero-order chi connectivity index (χ0) is 12.7. The van der Waals surface area contributed by atoms with Gasteiger partial charge in [0.05, 0.1) is 12.2 Å². The van der Waals surface area contributed by atoms with Crippen LogP contribution in [0.1, 0.15) is 30.6 Å². The lowest BCUT2D eigenvalue weighted by molar-refractivity contribution is 0.0962. The smallest absolute Gasteiger partial charge is 0.163 e. The van der Waals surface area contributed by atoms with Crippen molar-refractivity contribution in [2.45, 2.75) is 20.3 Å². The van der Waals surface area contributed by atoms with Crippen molar-refractivity contribution in [2.24, 2.45) is 0 Å². The van der Waals surface area contributed by atoms with Crippen molar-refractivity contribution >= 4 is 5.78 Å². The van der Waals surface area contributed by atoms with Crippen LogP contribution in [0.25, 0.3) is 0 Å². The SMILES string of the molecule is CCCOCCOc1cc(F)ccc1C(C)=O. The molecule has 0 aliphatic carbocycles. The third-order valence-electron chi connectivity index (χ3n) is 2.16. The van der Waals surface area contributed by atoms with Crippen LogP contribution in [0.4, 0.5) is 4.39 Å². The molecule has 0 bridgehead atoms. The van der Waals surface area contributed by atoms with Gasteiger partial charge in [0.15, 0.2) is 5.78 Å². The van der Waals surface area contributed by atoms with E-state index in [1.807, 2.05) is 6.92 Å². The number of ketones is 1. The number of hydrogen-bond donors (Lipinski definition) is 0. The van der Waals surface area contributed by atoms with E-state index < -0.39 is 5.82 Å². The average Bonchev–Trinajstić information content (AvgIpc) is 2.28. The van der Waals surface area contributed by atoms with E-state index in [2.05, 4.69) is 0 Å². The summed E-state index contributed by atoms with van der Waals surface area (Å²) in [7, 11) is 0. The molecule has 4 heteroatoms. The van der Waals surface area contributed by atoms with Crippen molar-refractivity contribution in [3.63, 3.8) is 0 Å². The van der Waals surface area contributed by atoms with Crippen LogP contribution in [0, 0.1) is 5.82 Å². The molecule has 17 heavy (non-hydrogen) atoms. The maximum absolute atomic E-state index is 13.0. The van der Waals surface area contributed by atoms with E-state index in [9.17, 15) is 9.18 Å². The standard InChI is InChI=1S/C13H17FO3/c1-3-6-16-7-8-17-13-9-11(14)4-5-12(13)10(2)15/h4-5,9H,3,6-8H2,1-2H3. The van der Waals surface area contributed by atoms with Gasteiger partial charge >= 0.3 is 0 Å². The molecule has 1 aromatic carbocycles. The lowest BCUT2D eigenvalue weighted by atomic mass is 10.1. The molecule has 94 valence electrons. The van der Waals surface area contributed by atoms with Gasteiger partial charge in [-0.15, -0.1) is 0 Å². The van der Waals surface area contributed by atoms with Crippen LogP contribution in [0.15, 0.2) is 18.2 Å². The van der Waals surface area contributed by atoms with Crippen LogP contribution in [-0.4, -0.2) is 25.6 Å². The van der Waals surface area contributed by atoms with Gasteiger partial charge in [0.2, 0.25) is 0 Å². The number of ether oxygens (including phenoxy) is 2. The quantitative estimate of drug-likeness (QED) is 0.543. The first-order valence-electron chi connectivity index (χ1n) is 5.66. The topological polar surface area (TPSA) is 35.5 Å². The maximum atomic E-state index is 13.0. The first-order chi connectivity index (χ1) is 8.15. The summed E-state index contributed by atoms with van der Waals surface area (Å²) < 4.78 is 23.6. The Hall–Kier alpha value is -1.42. The van der Waals surface area contributed by atoms with Crippen molar-refractivity contribution in [3.8, 4) is 5.75 Å². The molecule has 0 atom stereocenters. The summed E-state index contributed by atoms with van der Waals surface area (Å²) in [6.45, 7) is 4.85. The van der Waals surface area contributed by atoms with E-state index in [1.54, 1.807) is 0 Å². The summed E-state index contributed by atoms with van der Waals surface area (Å²) in [5, 5.41) is 0. The van der Waals surface area contributed by atoms with Gasteiger partial charge in [0, 0.05) is 12.7 Å². The molecule has 0 amide bonds. The molecule has 0 unspecified atom stereocenters. The Kier molecular flexibility index (Phi) is 5.63. The van der Waals surface area contributed by atoms with Crippen LogP contribution >= 0.6 is 0 Å². The molecule has 0 aliphatic heterocycles. The maximum Gasteiger partial charge on any atom is 0.163 e. The van der Waals surface area contributed by atoms with Crippen LogP contribution in [0.5, 0.6) is 5.75 Å². The van der Waals surface area contributed by atoms with Crippen molar-refractivity contribution in [3.05, 3.63) is 29.6 Å². The fourth-order valence-electron chi connectivity index (χ4n) is 1.36. The van der Waals surface area contributed by atoms with Crippen LogP contribution in [0.2, 0.25) is 0 Å². The molecule has 0 heterocycles. The van der Waals surface area contributed by atoms with Gasteiger partial charge in [0.1, 0.15) is 18.2 Å². The summed E-state index contributed by atoms with van der Waals surface area (Å²) in [6.07, 6.45) is 0.943. The molecular weight excluding hydrogens is 223 g/mol. The van der Waals surface area contributed by atoms with E-state index in [-0.39, 0.29) is 11.5 Å². The van der Waals surface area contributed by atoms with Crippen LogP contribution in [0.3, 0.4) is 0 Å². The second-order valence-electron chi connectivity index (χ2n) is 3.66. The van der Waals surface area contributed by atoms with Crippen LogP contribution in [-0.2, 0) is 4.74 Å². The number of carbonyl (C=O) groups excluding carboxylic acids is 1. The minimum Gasteiger partial charge on any atom is -0.490 e. The molecule has 0 saturated heterocycles. The minimum atomic E-state index is -0.417. The van der Waals surface area contributed by atoms with Gasteiger partial charge in [-0.05, 0) is 25.5 Å². The molecule has 1 aromatic rings. The van der Waals surface area contributed by atoms with E-state index in [0.717, 1.165) is 6.42 Å². The first-order valence-corrected chi connectivity index (χ1v) is 5.66. The van der Waals surface area contributed by atoms with Crippen molar-refractivity contribution in [1.82, 2.24) is 0 Å². The Labute approximate surface area is 101 Å². The monoisotopic (exact) mass is 240 g/mol. The van der Waals surface area contributed by atoms with Gasteiger partial charge < -0.3 is 9.47 Å². The molecule has 0 aromatic heterocycles. The predicted octanol–water partition coefficient (Wildman–Crippen LogP) is 2.83. The van der Waals surface area contributed by atoms with Gasteiger partial charge in [-0.2, -0.15) is 0 Å². The highest BCUT2D eigenvalue weighted by atomic mass is 19.1. The Morgan fingerprint density at radius 2 is 2.06 bits per heavy atom. The van der Waals surface area contributed by atoms with Gasteiger partial charge in [0.25, 0.3) is 0 Å². The third-order valence-corrected chi connectivity index (χ3v) is 2.16. The number of hydrogen-bond acceptors (Lipinski definition) is 3. The Balaban J connectivity index is 2.56. The van der Waals surface area contributed by atoms with E-state index >= 15 is 0 Å². The van der Waals surface area contributed by atoms with Gasteiger partial charge in [-0.3, -0.25) is 4.79 Å². The highest BCUT2D eigenvalue weighted by Crippen LogP contribution is 2.20. The largest absolute Gasteiger partial charge is 0.490 e. The zero-order valence-corrected chi connectivity index (χ0v) is 10.2. The zero-order valence-electron chi connectivity index (χ0n) is 10.2. The molecule has 0 spiro atoms. The average molecular weight is 240 g/mol. The summed E-state index contributed by atoms with van der Waals surface area (Å²) in [5.74, 6) is -0.286. The molecule has 3 nitrogen and oxygen atoms in total. The highest BCUT2D eigenvalue weighted by molar-refractivity contribution is 5.96. The predicted molar refractivity (Wildman–Crippen MR) is 63.0 cm³/mol. The number of Topliss-reactive ketones (excluding diaryl/α,β-unsaturated/α-hetero) is 1. The molecule has 0 radical (unpaired) electrons. The first kappa shape index (κ1) is 13.6. The number of halogens is 1. The summed E-state index contributed by atoms with van der Waals surface area (Å²) in [5.41, 5.74) is 0.391. The second kappa shape index (κ2) is 7.01. The fourth-order valence-corrected chi connectivity index (χ4v) is 1.36. The lowest BCUT2D eigenvalue weighted by Crippen LogP contribution is -2.09. The molecule has 1 rings (SSSR count). The summed E-state index contributed by atoms with van der Waals surface area (Å²) in [4.78, 5) is 11.3. The Morgan fingerprint density at radius 3 is 2.71 bits per heavy atom. The molecule has 0 aliphatic rings. The Morgan fingerprint density at radius 1 is 1.29 bits per heavy atom. The van der Waals surface area contributed by atoms with E-state index in [4.69, 9.17) is 9.47 Å². The molecule has 0 fully saturated rings. The summed E-state index contributed by atoms with van der Waals surface area (Å²) >= 11 is 0. The lowest BCUT2D eigenvalue weighted by Gasteiger charge is -2.10. The van der Waals surface area contributed by atoms with E-state index in [1.165, 1.54) is 25.1 Å². The molecule has 0 N–H and O–H groups in total. The van der Waals surface area contributed by atoms with E-state index in [0.29, 0.717) is 25.4 Å². The highest BCUT2D eigenvalue weighted by Gasteiger charge is 2.09.